The van der Waals surface area contributed by atoms with E-state index in [4.69, 9.17) is 9.57 Å². The lowest BCUT2D eigenvalue weighted by Crippen LogP contribution is -2.27. The van der Waals surface area contributed by atoms with Gasteiger partial charge in [0.05, 0.1) is 37.4 Å². The summed E-state index contributed by atoms with van der Waals surface area (Å²) in [5, 5.41) is 8.86. The standard InChI is InChI=1S/C26H26N8O4/c1-34(37-2)22(35)11-19-13-28-25(30-19)29-15-38-14-18-8-5-9-20-23(18)32-26(31-20)33-24(36)21-10-16-6-3-4-7-17(16)12-27-21/h3-10,12-13H,11,14-15H2,1-2H3,(H2,28,29,30)(H2,31,32,33,36). The maximum atomic E-state index is 12.8. The lowest BCUT2D eigenvalue weighted by atomic mass is 10.1. The number of rotatable bonds is 10. The van der Waals surface area contributed by atoms with Crippen molar-refractivity contribution in [2.45, 2.75) is 13.0 Å². The first-order valence-electron chi connectivity index (χ1n) is 11.8. The number of anilines is 2. The number of para-hydroxylation sites is 1. The number of nitrogens with one attached hydrogen (secondary N) is 4. The Labute approximate surface area is 217 Å². The Morgan fingerprint density at radius 2 is 1.84 bits per heavy atom. The third-order valence-electron chi connectivity index (χ3n) is 5.89. The second kappa shape index (κ2) is 11.1. The summed E-state index contributed by atoms with van der Waals surface area (Å²) in [6, 6.07) is 15.1. The van der Waals surface area contributed by atoms with Crippen molar-refractivity contribution in [3.8, 4) is 0 Å². The Hall–Kier alpha value is -4.81. The minimum atomic E-state index is -0.356. The van der Waals surface area contributed by atoms with Crippen LogP contribution in [0.5, 0.6) is 0 Å². The number of imidazole rings is 2. The van der Waals surface area contributed by atoms with Gasteiger partial charge in [0.15, 0.2) is 0 Å². The highest BCUT2D eigenvalue weighted by Gasteiger charge is 2.14. The van der Waals surface area contributed by atoms with Crippen molar-refractivity contribution >= 4 is 45.5 Å². The van der Waals surface area contributed by atoms with Crippen molar-refractivity contribution < 1.29 is 19.2 Å². The minimum Gasteiger partial charge on any atom is -0.356 e. The monoisotopic (exact) mass is 514 g/mol. The van der Waals surface area contributed by atoms with Gasteiger partial charge in [0.2, 0.25) is 11.9 Å². The SMILES string of the molecule is CON(C)C(=O)Cc1cnc(NCOCc2cccc3[nH]c(NC(=O)c4cc5ccccc5cn4)nc23)[nH]1. The van der Waals surface area contributed by atoms with Crippen LogP contribution in [0.1, 0.15) is 21.7 Å². The summed E-state index contributed by atoms with van der Waals surface area (Å²) in [5.74, 6) is 0.251. The number of likely N-dealkylation sites (N-methyl/N-ethyl adjacent to an activating group) is 1. The third-order valence-corrected chi connectivity index (χ3v) is 5.89. The number of fused-ring (bicyclic) bond motifs is 2. The first kappa shape index (κ1) is 24.9. The molecule has 0 atom stereocenters. The van der Waals surface area contributed by atoms with Crippen LogP contribution in [0.2, 0.25) is 0 Å². The normalized spacial score (nSPS) is 11.1. The van der Waals surface area contributed by atoms with E-state index in [1.807, 2.05) is 42.5 Å². The molecular weight excluding hydrogens is 488 g/mol. The van der Waals surface area contributed by atoms with Crippen molar-refractivity contribution in [2.75, 3.05) is 31.5 Å². The maximum Gasteiger partial charge on any atom is 0.276 e. The molecule has 0 saturated carbocycles. The number of hydroxylamine groups is 2. The van der Waals surface area contributed by atoms with Crippen molar-refractivity contribution in [3.05, 3.63) is 77.9 Å². The Bertz CT molecular complexity index is 1590. The van der Waals surface area contributed by atoms with Crippen molar-refractivity contribution in [1.82, 2.24) is 30.0 Å². The molecule has 0 unspecified atom stereocenters. The molecule has 0 radical (unpaired) electrons. The molecule has 0 aliphatic rings. The van der Waals surface area contributed by atoms with Crippen molar-refractivity contribution in [2.24, 2.45) is 0 Å². The summed E-state index contributed by atoms with van der Waals surface area (Å²) in [6.07, 6.45) is 3.39. The fraction of sp³-hybridized carbons (Fsp3) is 0.192. The molecule has 12 heteroatoms. The predicted molar refractivity (Wildman–Crippen MR) is 141 cm³/mol. The largest absolute Gasteiger partial charge is 0.356 e. The van der Waals surface area contributed by atoms with E-state index in [0.717, 1.165) is 26.9 Å². The molecule has 2 amide bonds. The number of pyridine rings is 1. The maximum absolute atomic E-state index is 12.8. The summed E-state index contributed by atoms with van der Waals surface area (Å²) in [7, 11) is 2.98. The van der Waals surface area contributed by atoms with Crippen LogP contribution < -0.4 is 10.6 Å². The van der Waals surface area contributed by atoms with Gasteiger partial charge in [0, 0.05) is 29.9 Å². The van der Waals surface area contributed by atoms with Crippen molar-refractivity contribution in [3.63, 3.8) is 0 Å². The van der Waals surface area contributed by atoms with Gasteiger partial charge in [-0.2, -0.15) is 0 Å². The highest BCUT2D eigenvalue weighted by atomic mass is 16.7. The lowest BCUT2D eigenvalue weighted by Gasteiger charge is -2.12. The van der Waals surface area contributed by atoms with Gasteiger partial charge in [-0.25, -0.2) is 15.0 Å². The molecule has 5 aromatic rings. The quantitative estimate of drug-likeness (QED) is 0.126. The molecule has 0 aliphatic heterocycles. The number of aromatic amines is 2. The van der Waals surface area contributed by atoms with Crippen LogP contribution >= 0.6 is 0 Å². The predicted octanol–water partition coefficient (Wildman–Crippen LogP) is 3.24. The highest BCUT2D eigenvalue weighted by Crippen LogP contribution is 2.20. The third kappa shape index (κ3) is 5.61. The Morgan fingerprint density at radius 1 is 1.00 bits per heavy atom. The smallest absolute Gasteiger partial charge is 0.276 e. The number of ether oxygens (including phenoxy) is 1. The van der Waals surface area contributed by atoms with E-state index in [1.165, 1.54) is 7.11 Å². The second-order valence-electron chi connectivity index (χ2n) is 8.45. The summed E-state index contributed by atoms with van der Waals surface area (Å²) in [4.78, 5) is 48.7. The first-order chi connectivity index (χ1) is 18.5. The van der Waals surface area contributed by atoms with E-state index in [0.29, 0.717) is 28.8 Å². The summed E-state index contributed by atoms with van der Waals surface area (Å²) in [5.41, 5.74) is 3.25. The Balaban J connectivity index is 1.17. The molecule has 3 aromatic heterocycles. The molecular formula is C26H26N8O4. The average Bonchev–Trinajstić information content (AvgIpc) is 3.56. The Morgan fingerprint density at radius 3 is 2.68 bits per heavy atom. The van der Waals surface area contributed by atoms with Crippen LogP contribution in [0, 0.1) is 0 Å². The topological polar surface area (TPSA) is 150 Å². The highest BCUT2D eigenvalue weighted by molar-refractivity contribution is 6.04. The number of hydrogen-bond donors (Lipinski definition) is 4. The van der Waals surface area contributed by atoms with Crippen LogP contribution in [-0.4, -0.2) is 62.7 Å². The summed E-state index contributed by atoms with van der Waals surface area (Å²) in [6.45, 7) is 0.455. The molecule has 0 spiro atoms. The number of hydrogen-bond acceptors (Lipinski definition) is 8. The van der Waals surface area contributed by atoms with Gasteiger partial charge in [-0.05, 0) is 17.5 Å². The number of H-pyrrole nitrogens is 2. The van der Waals surface area contributed by atoms with E-state index in [1.54, 1.807) is 25.5 Å². The molecule has 2 aromatic carbocycles. The number of carbonyl (C=O) groups excluding carboxylic acids is 2. The minimum absolute atomic E-state index is 0.136. The van der Waals surface area contributed by atoms with Gasteiger partial charge in [0.25, 0.3) is 11.8 Å². The molecule has 0 bridgehead atoms. The fourth-order valence-electron chi connectivity index (χ4n) is 3.84. The van der Waals surface area contributed by atoms with E-state index in [9.17, 15) is 9.59 Å². The number of benzene rings is 2. The van der Waals surface area contributed by atoms with Crippen LogP contribution in [0.25, 0.3) is 21.8 Å². The van der Waals surface area contributed by atoms with E-state index < -0.39 is 0 Å². The molecule has 3 heterocycles. The number of amides is 2. The number of nitrogens with zero attached hydrogens (tertiary/aromatic N) is 4. The molecule has 0 aliphatic carbocycles. The molecule has 0 saturated heterocycles. The van der Waals surface area contributed by atoms with Gasteiger partial charge < -0.3 is 20.0 Å². The molecule has 12 nitrogen and oxygen atoms in total. The Kier molecular flexibility index (Phi) is 7.24. The van der Waals surface area contributed by atoms with Gasteiger partial charge in [-0.1, -0.05) is 36.4 Å². The first-order valence-corrected chi connectivity index (χ1v) is 11.8. The zero-order valence-electron chi connectivity index (χ0n) is 20.8. The van der Waals surface area contributed by atoms with E-state index in [-0.39, 0.29) is 31.6 Å². The second-order valence-corrected chi connectivity index (χ2v) is 8.45. The van der Waals surface area contributed by atoms with Crippen LogP contribution in [-0.2, 0) is 27.4 Å². The van der Waals surface area contributed by atoms with Crippen LogP contribution in [0.4, 0.5) is 11.9 Å². The molecule has 4 N–H and O–H groups in total. The molecule has 0 fully saturated rings. The van der Waals surface area contributed by atoms with Crippen LogP contribution in [0.3, 0.4) is 0 Å². The van der Waals surface area contributed by atoms with Crippen molar-refractivity contribution in [1.29, 1.82) is 0 Å². The van der Waals surface area contributed by atoms with E-state index in [2.05, 4.69) is 35.6 Å². The van der Waals surface area contributed by atoms with E-state index >= 15 is 0 Å². The molecule has 38 heavy (non-hydrogen) atoms. The molecule has 194 valence electrons. The van der Waals surface area contributed by atoms with Crippen LogP contribution in [0.15, 0.2) is 60.9 Å². The van der Waals surface area contributed by atoms with Gasteiger partial charge in [0.1, 0.15) is 12.4 Å². The zero-order chi connectivity index (χ0) is 26.5. The van der Waals surface area contributed by atoms with Gasteiger partial charge in [-0.3, -0.25) is 24.7 Å². The molecule has 5 rings (SSSR count). The zero-order valence-corrected chi connectivity index (χ0v) is 20.8. The van der Waals surface area contributed by atoms with Gasteiger partial charge >= 0.3 is 0 Å². The van der Waals surface area contributed by atoms with Gasteiger partial charge in [-0.15, -0.1) is 0 Å². The summed E-state index contributed by atoms with van der Waals surface area (Å²) < 4.78 is 5.76. The summed E-state index contributed by atoms with van der Waals surface area (Å²) >= 11 is 0. The number of carbonyl (C=O) groups is 2. The average molecular weight is 515 g/mol. The lowest BCUT2D eigenvalue weighted by molar-refractivity contribution is -0.167. The number of aromatic nitrogens is 5. The fourth-order valence-corrected chi connectivity index (χ4v) is 3.84.